The molecule has 20 heavy (non-hydrogen) atoms. The van der Waals surface area contributed by atoms with Crippen LogP contribution in [0.15, 0.2) is 42.5 Å². The van der Waals surface area contributed by atoms with Crippen molar-refractivity contribution in [1.29, 1.82) is 0 Å². The summed E-state index contributed by atoms with van der Waals surface area (Å²) in [5, 5.41) is 10.9. The molecule has 5 N–H and O–H groups in total. The lowest BCUT2D eigenvalue weighted by molar-refractivity contribution is 0.238. The summed E-state index contributed by atoms with van der Waals surface area (Å²) >= 11 is 0. The van der Waals surface area contributed by atoms with E-state index in [0.717, 1.165) is 0 Å². The SMILES string of the molecule is CC(C)[C@H](N)CO.C[C@H](N)c1cccc2ccccc12. The van der Waals surface area contributed by atoms with Crippen molar-refractivity contribution in [3.8, 4) is 0 Å². The van der Waals surface area contributed by atoms with Gasteiger partial charge in [-0.3, -0.25) is 0 Å². The van der Waals surface area contributed by atoms with Crippen LogP contribution in [0.2, 0.25) is 0 Å². The molecule has 0 aliphatic heterocycles. The molecule has 3 nitrogen and oxygen atoms in total. The molecule has 0 spiro atoms. The van der Waals surface area contributed by atoms with E-state index < -0.39 is 0 Å². The van der Waals surface area contributed by atoms with Crippen LogP contribution in [0.5, 0.6) is 0 Å². The van der Waals surface area contributed by atoms with Gasteiger partial charge in [0.05, 0.1) is 6.61 Å². The molecule has 0 aliphatic rings. The maximum Gasteiger partial charge on any atom is 0.0585 e. The Balaban J connectivity index is 0.000000246. The zero-order chi connectivity index (χ0) is 15.1. The van der Waals surface area contributed by atoms with Crippen molar-refractivity contribution >= 4 is 10.8 Å². The molecule has 2 atom stereocenters. The van der Waals surface area contributed by atoms with E-state index in [1.807, 2.05) is 32.9 Å². The average Bonchev–Trinajstić information content (AvgIpc) is 2.46. The van der Waals surface area contributed by atoms with Gasteiger partial charge in [-0.1, -0.05) is 56.3 Å². The molecular weight excluding hydrogens is 248 g/mol. The minimum atomic E-state index is -0.0417. The van der Waals surface area contributed by atoms with Crippen molar-refractivity contribution in [3.05, 3.63) is 48.0 Å². The maximum atomic E-state index is 8.38. The zero-order valence-corrected chi connectivity index (χ0v) is 12.6. The molecule has 2 aromatic rings. The molecule has 0 fully saturated rings. The Morgan fingerprint density at radius 2 is 1.55 bits per heavy atom. The predicted molar refractivity (Wildman–Crippen MR) is 86.4 cm³/mol. The normalized spacial score (nSPS) is 13.8. The Morgan fingerprint density at radius 1 is 0.950 bits per heavy atom. The highest BCUT2D eigenvalue weighted by molar-refractivity contribution is 5.85. The number of aliphatic hydroxyl groups is 1. The first-order valence-electron chi connectivity index (χ1n) is 7.07. The molecule has 0 saturated heterocycles. The van der Waals surface area contributed by atoms with Crippen molar-refractivity contribution in [2.75, 3.05) is 6.61 Å². The van der Waals surface area contributed by atoms with Gasteiger partial charge in [-0.05, 0) is 29.2 Å². The Labute approximate surface area is 121 Å². The van der Waals surface area contributed by atoms with E-state index in [0.29, 0.717) is 5.92 Å². The molecule has 0 saturated carbocycles. The summed E-state index contributed by atoms with van der Waals surface area (Å²) in [6, 6.07) is 14.7. The minimum Gasteiger partial charge on any atom is -0.395 e. The summed E-state index contributed by atoms with van der Waals surface area (Å²) in [6.07, 6.45) is 0. The number of fused-ring (bicyclic) bond motifs is 1. The molecule has 0 radical (unpaired) electrons. The third-order valence-corrected chi connectivity index (χ3v) is 3.38. The van der Waals surface area contributed by atoms with Crippen molar-refractivity contribution < 1.29 is 5.11 Å². The molecule has 0 aliphatic carbocycles. The van der Waals surface area contributed by atoms with E-state index in [9.17, 15) is 0 Å². The average molecular weight is 274 g/mol. The second kappa shape index (κ2) is 8.00. The van der Waals surface area contributed by atoms with E-state index in [-0.39, 0.29) is 18.7 Å². The van der Waals surface area contributed by atoms with E-state index in [1.54, 1.807) is 0 Å². The fourth-order valence-electron chi connectivity index (χ4n) is 1.86. The highest BCUT2D eigenvalue weighted by Crippen LogP contribution is 2.22. The molecule has 0 heterocycles. The minimum absolute atomic E-state index is 0.0417. The Morgan fingerprint density at radius 3 is 2.05 bits per heavy atom. The smallest absolute Gasteiger partial charge is 0.0585 e. The van der Waals surface area contributed by atoms with Gasteiger partial charge in [0, 0.05) is 12.1 Å². The van der Waals surface area contributed by atoms with Gasteiger partial charge in [-0.25, -0.2) is 0 Å². The number of hydrogen-bond acceptors (Lipinski definition) is 3. The number of benzene rings is 2. The van der Waals surface area contributed by atoms with E-state index in [1.165, 1.54) is 16.3 Å². The summed E-state index contributed by atoms with van der Waals surface area (Å²) in [5.74, 6) is 0.394. The van der Waals surface area contributed by atoms with E-state index in [2.05, 4.69) is 30.3 Å². The van der Waals surface area contributed by atoms with Crippen LogP contribution in [-0.4, -0.2) is 17.8 Å². The van der Waals surface area contributed by atoms with Crippen LogP contribution in [0.1, 0.15) is 32.4 Å². The number of nitrogens with two attached hydrogens (primary N) is 2. The third kappa shape index (κ3) is 4.60. The Kier molecular flexibility index (Phi) is 6.65. The van der Waals surface area contributed by atoms with E-state index in [4.69, 9.17) is 16.6 Å². The lowest BCUT2D eigenvalue weighted by Crippen LogP contribution is -2.29. The highest BCUT2D eigenvalue weighted by Gasteiger charge is 2.03. The van der Waals surface area contributed by atoms with Gasteiger partial charge in [-0.15, -0.1) is 0 Å². The monoisotopic (exact) mass is 274 g/mol. The van der Waals surface area contributed by atoms with Crippen molar-refractivity contribution in [2.24, 2.45) is 17.4 Å². The molecule has 2 aromatic carbocycles. The molecule has 3 heteroatoms. The van der Waals surface area contributed by atoms with Crippen LogP contribution in [0, 0.1) is 5.92 Å². The van der Waals surface area contributed by atoms with Crippen LogP contribution in [0.25, 0.3) is 10.8 Å². The van der Waals surface area contributed by atoms with Crippen LogP contribution in [0.4, 0.5) is 0 Å². The van der Waals surface area contributed by atoms with Gasteiger partial charge in [-0.2, -0.15) is 0 Å². The van der Waals surface area contributed by atoms with Crippen LogP contribution in [0.3, 0.4) is 0 Å². The van der Waals surface area contributed by atoms with Gasteiger partial charge >= 0.3 is 0 Å². The standard InChI is InChI=1S/C12H13N.C5H13NO/c1-9(13)11-8-4-6-10-5-2-3-7-12(10)11;1-4(2)5(6)3-7/h2-9H,13H2,1H3;4-5,7H,3,6H2,1-2H3/t9-;5-/m01/s1. The number of hydrogen-bond donors (Lipinski definition) is 3. The number of aliphatic hydroxyl groups excluding tert-OH is 1. The van der Waals surface area contributed by atoms with Gasteiger partial charge in [0.25, 0.3) is 0 Å². The largest absolute Gasteiger partial charge is 0.395 e. The summed E-state index contributed by atoms with van der Waals surface area (Å²) < 4.78 is 0. The Bertz CT molecular complexity index is 518. The van der Waals surface area contributed by atoms with Crippen molar-refractivity contribution in [3.63, 3.8) is 0 Å². The third-order valence-electron chi connectivity index (χ3n) is 3.38. The summed E-state index contributed by atoms with van der Waals surface area (Å²) in [7, 11) is 0. The number of rotatable bonds is 3. The quantitative estimate of drug-likeness (QED) is 0.806. The first-order chi connectivity index (χ1) is 9.47. The van der Waals surface area contributed by atoms with Gasteiger partial charge in [0.15, 0.2) is 0 Å². The van der Waals surface area contributed by atoms with Gasteiger partial charge < -0.3 is 16.6 Å². The maximum absolute atomic E-state index is 8.38. The summed E-state index contributed by atoms with van der Waals surface area (Å²) in [6.45, 7) is 6.08. The summed E-state index contributed by atoms with van der Waals surface area (Å²) in [5.41, 5.74) is 12.5. The molecule has 0 aromatic heterocycles. The second-order valence-electron chi connectivity index (χ2n) is 5.45. The fourth-order valence-corrected chi connectivity index (χ4v) is 1.86. The predicted octanol–water partition coefficient (Wildman–Crippen LogP) is 2.82. The molecular formula is C17H26N2O. The van der Waals surface area contributed by atoms with Crippen LogP contribution in [-0.2, 0) is 0 Å². The fraction of sp³-hybridized carbons (Fsp3) is 0.412. The molecule has 0 amide bonds. The topological polar surface area (TPSA) is 72.3 Å². The van der Waals surface area contributed by atoms with Crippen molar-refractivity contribution in [2.45, 2.75) is 32.9 Å². The summed E-state index contributed by atoms with van der Waals surface area (Å²) in [4.78, 5) is 0. The Hall–Kier alpha value is -1.42. The molecule has 0 bridgehead atoms. The lowest BCUT2D eigenvalue weighted by atomic mass is 10.0. The molecule has 2 rings (SSSR count). The van der Waals surface area contributed by atoms with Gasteiger partial charge in [0.1, 0.15) is 0 Å². The van der Waals surface area contributed by atoms with Crippen molar-refractivity contribution in [1.82, 2.24) is 0 Å². The first-order valence-corrected chi connectivity index (χ1v) is 7.07. The first kappa shape index (κ1) is 16.6. The molecule has 0 unspecified atom stereocenters. The van der Waals surface area contributed by atoms with Gasteiger partial charge in [0.2, 0.25) is 0 Å². The zero-order valence-electron chi connectivity index (χ0n) is 12.6. The van der Waals surface area contributed by atoms with Crippen LogP contribution >= 0.6 is 0 Å². The van der Waals surface area contributed by atoms with Crippen LogP contribution < -0.4 is 11.5 Å². The van der Waals surface area contributed by atoms with E-state index >= 15 is 0 Å². The molecule has 110 valence electrons. The second-order valence-corrected chi connectivity index (χ2v) is 5.45. The lowest BCUT2D eigenvalue weighted by Gasteiger charge is -2.10. The highest BCUT2D eigenvalue weighted by atomic mass is 16.3.